The highest BCUT2D eigenvalue weighted by atomic mass is 16.3. The van der Waals surface area contributed by atoms with Crippen LogP contribution in [0.4, 0.5) is 0 Å². The molecule has 0 aliphatic rings. The lowest BCUT2D eigenvalue weighted by Gasteiger charge is -2.21. The molecule has 0 rings (SSSR count). The molecule has 0 aromatic rings. The maximum Gasteiger partial charge on any atom is 0.249 e. The molecule has 0 aromatic carbocycles. The second-order valence-corrected chi connectivity index (χ2v) is 19.5. The van der Waals surface area contributed by atoms with Gasteiger partial charge in [-0.25, -0.2) is 0 Å². The Balaban J connectivity index is 3.61. The van der Waals surface area contributed by atoms with Gasteiger partial charge in [0.05, 0.1) is 18.8 Å². The van der Waals surface area contributed by atoms with Gasteiger partial charge in [0.1, 0.15) is 6.10 Å². The number of carbonyl (C=O) groups is 1. The summed E-state index contributed by atoms with van der Waals surface area (Å²) in [5.41, 5.74) is 0. The van der Waals surface area contributed by atoms with Crippen LogP contribution in [0.3, 0.4) is 0 Å². The van der Waals surface area contributed by atoms with Crippen LogP contribution < -0.4 is 5.32 Å². The Labute approximate surface area is 394 Å². The van der Waals surface area contributed by atoms with Crippen LogP contribution in [0.25, 0.3) is 0 Å². The second-order valence-electron chi connectivity index (χ2n) is 19.5. The highest BCUT2D eigenvalue weighted by Gasteiger charge is 2.22. The zero-order valence-electron chi connectivity index (χ0n) is 42.5. The minimum Gasteiger partial charge on any atom is -0.394 e. The predicted octanol–water partition coefficient (Wildman–Crippen LogP) is 17.4. The summed E-state index contributed by atoms with van der Waals surface area (Å²) in [7, 11) is 0. The number of nitrogens with one attached hydrogen (secondary N) is 1. The van der Waals surface area contributed by atoms with Crippen LogP contribution in [-0.4, -0.2) is 46.1 Å². The Bertz CT molecular complexity index is 978. The summed E-state index contributed by atoms with van der Waals surface area (Å²) < 4.78 is 0. The predicted molar refractivity (Wildman–Crippen MR) is 278 cm³/mol. The minimum absolute atomic E-state index is 0.376. The Hall–Kier alpha value is -1.43. The van der Waals surface area contributed by atoms with Crippen molar-refractivity contribution in [3.8, 4) is 0 Å². The zero-order chi connectivity index (χ0) is 45.8. The summed E-state index contributed by atoms with van der Waals surface area (Å²) in [6.07, 6.45) is 69.4. The van der Waals surface area contributed by atoms with Gasteiger partial charge in [0.25, 0.3) is 0 Å². The number of aliphatic hydroxyl groups is 3. The molecule has 372 valence electrons. The van der Waals surface area contributed by atoms with Crippen LogP contribution in [0.2, 0.25) is 0 Å². The molecule has 3 unspecified atom stereocenters. The van der Waals surface area contributed by atoms with Crippen LogP contribution >= 0.6 is 0 Å². The van der Waals surface area contributed by atoms with Gasteiger partial charge in [0, 0.05) is 0 Å². The number of rotatable bonds is 52. The quantitative estimate of drug-likeness (QED) is 0.0362. The molecule has 0 saturated heterocycles. The summed E-state index contributed by atoms with van der Waals surface area (Å²) >= 11 is 0. The van der Waals surface area contributed by atoms with Crippen LogP contribution in [0, 0.1) is 0 Å². The molecule has 5 heteroatoms. The van der Waals surface area contributed by atoms with E-state index in [2.05, 4.69) is 43.5 Å². The van der Waals surface area contributed by atoms with Crippen molar-refractivity contribution in [2.24, 2.45) is 0 Å². The van der Waals surface area contributed by atoms with E-state index in [4.69, 9.17) is 0 Å². The van der Waals surface area contributed by atoms with Gasteiger partial charge in [-0.05, 0) is 57.8 Å². The number of hydrogen-bond donors (Lipinski definition) is 4. The molecule has 1 amide bonds. The van der Waals surface area contributed by atoms with Gasteiger partial charge in [-0.3, -0.25) is 4.79 Å². The van der Waals surface area contributed by atoms with Crippen LogP contribution in [0.15, 0.2) is 36.5 Å². The van der Waals surface area contributed by atoms with E-state index in [9.17, 15) is 20.1 Å². The Kier molecular flexibility index (Phi) is 52.0. The smallest absolute Gasteiger partial charge is 0.249 e. The Morgan fingerprint density at radius 1 is 0.381 bits per heavy atom. The average molecular weight is 887 g/mol. The fourth-order valence-corrected chi connectivity index (χ4v) is 8.79. The number of hydrogen-bond acceptors (Lipinski definition) is 4. The van der Waals surface area contributed by atoms with Crippen molar-refractivity contribution in [2.75, 3.05) is 6.61 Å². The fraction of sp³-hybridized carbons (Fsp3) is 0.879. The molecule has 3 atom stereocenters. The van der Waals surface area contributed by atoms with Crippen molar-refractivity contribution in [1.82, 2.24) is 5.32 Å². The number of amides is 1. The Morgan fingerprint density at radius 2 is 0.651 bits per heavy atom. The number of carbonyl (C=O) groups excluding carboxylic acids is 1. The summed E-state index contributed by atoms with van der Waals surface area (Å²) in [6, 6.07) is -0.816. The third kappa shape index (κ3) is 48.3. The average Bonchev–Trinajstić information content (AvgIpc) is 3.29. The summed E-state index contributed by atoms with van der Waals surface area (Å²) in [4.78, 5) is 12.5. The molecule has 0 fully saturated rings. The van der Waals surface area contributed by atoms with Crippen molar-refractivity contribution in [2.45, 2.75) is 321 Å². The van der Waals surface area contributed by atoms with Gasteiger partial charge < -0.3 is 20.6 Å². The minimum atomic E-state index is -1.11. The first kappa shape index (κ1) is 61.6. The molecule has 0 radical (unpaired) electrons. The maximum absolute atomic E-state index is 12.5. The van der Waals surface area contributed by atoms with E-state index in [0.29, 0.717) is 6.42 Å². The molecule has 4 N–H and O–H groups in total. The van der Waals surface area contributed by atoms with E-state index < -0.39 is 24.2 Å². The van der Waals surface area contributed by atoms with Crippen molar-refractivity contribution in [3.63, 3.8) is 0 Å². The molecular formula is C58H111NO4. The number of aliphatic hydroxyl groups excluding tert-OH is 3. The first-order chi connectivity index (χ1) is 31.1. The molecule has 0 aliphatic heterocycles. The molecule has 63 heavy (non-hydrogen) atoms. The fourth-order valence-electron chi connectivity index (χ4n) is 8.79. The van der Waals surface area contributed by atoms with Crippen LogP contribution in [0.5, 0.6) is 0 Å². The molecule has 0 aliphatic carbocycles. The standard InChI is InChI=1S/C58H111NO4/c1-3-5-7-9-11-13-15-17-19-21-23-25-27-29-31-33-35-37-39-41-43-45-47-49-51-53-57(62)58(63)59-55(54-60)56(61)52-50-48-46-44-42-40-38-36-34-32-30-28-26-24-22-20-18-16-14-12-10-8-6-4-2/h29,31,42,44,50,52,55-57,60-62H,3-28,30,32-41,43,45-49,51,53-54H2,1-2H3,(H,59,63)/b31-29-,44-42+,52-50+. The van der Waals surface area contributed by atoms with Gasteiger partial charge in [-0.2, -0.15) is 0 Å². The van der Waals surface area contributed by atoms with Gasteiger partial charge in [-0.15, -0.1) is 0 Å². The molecule has 5 nitrogen and oxygen atoms in total. The lowest BCUT2D eigenvalue weighted by molar-refractivity contribution is -0.131. The van der Waals surface area contributed by atoms with E-state index in [0.717, 1.165) is 38.5 Å². The molecular weight excluding hydrogens is 775 g/mol. The van der Waals surface area contributed by atoms with E-state index in [1.807, 2.05) is 6.08 Å². The molecule has 0 aromatic heterocycles. The summed E-state index contributed by atoms with van der Waals surface area (Å²) in [5.74, 6) is -0.511. The van der Waals surface area contributed by atoms with Gasteiger partial charge in [-0.1, -0.05) is 281 Å². The van der Waals surface area contributed by atoms with E-state index in [-0.39, 0.29) is 6.61 Å². The monoisotopic (exact) mass is 886 g/mol. The molecule has 0 bridgehead atoms. The maximum atomic E-state index is 12.5. The highest BCUT2D eigenvalue weighted by Crippen LogP contribution is 2.17. The lowest BCUT2D eigenvalue weighted by Crippen LogP contribution is -2.48. The van der Waals surface area contributed by atoms with Crippen molar-refractivity contribution in [1.29, 1.82) is 0 Å². The van der Waals surface area contributed by atoms with Crippen LogP contribution in [0.1, 0.15) is 303 Å². The third-order valence-electron chi connectivity index (χ3n) is 13.2. The normalized spacial score (nSPS) is 13.5. The third-order valence-corrected chi connectivity index (χ3v) is 13.2. The van der Waals surface area contributed by atoms with E-state index in [1.165, 1.54) is 244 Å². The Morgan fingerprint density at radius 3 is 0.968 bits per heavy atom. The molecule has 0 heterocycles. The van der Waals surface area contributed by atoms with E-state index in [1.54, 1.807) is 6.08 Å². The van der Waals surface area contributed by atoms with Crippen molar-refractivity contribution < 1.29 is 20.1 Å². The van der Waals surface area contributed by atoms with Crippen molar-refractivity contribution in [3.05, 3.63) is 36.5 Å². The molecule has 0 saturated carbocycles. The van der Waals surface area contributed by atoms with Gasteiger partial charge in [0.2, 0.25) is 5.91 Å². The first-order valence-electron chi connectivity index (χ1n) is 28.3. The second kappa shape index (κ2) is 53.2. The zero-order valence-corrected chi connectivity index (χ0v) is 42.5. The molecule has 0 spiro atoms. The van der Waals surface area contributed by atoms with Gasteiger partial charge in [0.15, 0.2) is 0 Å². The number of allylic oxidation sites excluding steroid dienone is 5. The lowest BCUT2D eigenvalue weighted by atomic mass is 10.0. The largest absolute Gasteiger partial charge is 0.394 e. The topological polar surface area (TPSA) is 89.8 Å². The summed E-state index contributed by atoms with van der Waals surface area (Å²) in [6.45, 7) is 4.21. The first-order valence-corrected chi connectivity index (χ1v) is 28.3. The van der Waals surface area contributed by atoms with E-state index >= 15 is 0 Å². The SMILES string of the molecule is CCCCCCCCCCCCCC/C=C\CCCCCCCCCCCC(O)C(=O)NC(CO)C(O)/C=C/CC/C=C/CCCCCCCCCCCCCCCCCCCC. The van der Waals surface area contributed by atoms with Crippen LogP contribution in [-0.2, 0) is 4.79 Å². The summed E-state index contributed by atoms with van der Waals surface area (Å²) in [5, 5.41) is 33.3. The van der Waals surface area contributed by atoms with Gasteiger partial charge >= 0.3 is 0 Å². The number of unbranched alkanes of at least 4 members (excludes halogenated alkanes) is 40. The van der Waals surface area contributed by atoms with Crippen molar-refractivity contribution >= 4 is 5.91 Å². The highest BCUT2D eigenvalue weighted by molar-refractivity contribution is 5.80.